The van der Waals surface area contributed by atoms with Gasteiger partial charge in [0.05, 0.1) is 30.1 Å². The number of nitrogens with zero attached hydrogens (tertiary/aromatic N) is 1. The highest BCUT2D eigenvalue weighted by Gasteiger charge is 2.48. The summed E-state index contributed by atoms with van der Waals surface area (Å²) in [7, 11) is 1.13. The SMILES string of the molecule is COc1ccc(C(=O)N2CCC3(CC2)Oc2ccccc2C(=O)/C3=C\O)cc1C(F)(F)F. The number of rotatable bonds is 2. The van der Waals surface area contributed by atoms with Crippen LogP contribution in [0.4, 0.5) is 13.2 Å². The quantitative estimate of drug-likeness (QED) is 0.545. The number of carbonyl (C=O) groups is 2. The number of hydrogen-bond acceptors (Lipinski definition) is 5. The van der Waals surface area contributed by atoms with Crippen molar-refractivity contribution in [3.63, 3.8) is 0 Å². The minimum absolute atomic E-state index is 0.104. The lowest BCUT2D eigenvalue weighted by atomic mass is 9.78. The molecule has 2 aromatic carbocycles. The summed E-state index contributed by atoms with van der Waals surface area (Å²) in [4.78, 5) is 27.2. The van der Waals surface area contributed by atoms with Crippen LogP contribution in [0, 0.1) is 0 Å². The molecule has 0 atom stereocenters. The van der Waals surface area contributed by atoms with Gasteiger partial charge in [-0.15, -0.1) is 0 Å². The third kappa shape index (κ3) is 3.57. The molecule has 0 unspecified atom stereocenters. The van der Waals surface area contributed by atoms with Crippen molar-refractivity contribution in [2.45, 2.75) is 24.6 Å². The molecular formula is C23H20F3NO5. The highest BCUT2D eigenvalue weighted by atomic mass is 19.4. The van der Waals surface area contributed by atoms with E-state index in [1.807, 2.05) is 0 Å². The summed E-state index contributed by atoms with van der Waals surface area (Å²) < 4.78 is 50.8. The van der Waals surface area contributed by atoms with Gasteiger partial charge in [-0.2, -0.15) is 13.2 Å². The van der Waals surface area contributed by atoms with Crippen molar-refractivity contribution in [1.29, 1.82) is 0 Å². The van der Waals surface area contributed by atoms with Crippen molar-refractivity contribution >= 4 is 11.7 Å². The molecule has 1 N–H and O–H groups in total. The van der Waals surface area contributed by atoms with Gasteiger partial charge in [-0.3, -0.25) is 9.59 Å². The summed E-state index contributed by atoms with van der Waals surface area (Å²) in [6, 6.07) is 9.88. The fourth-order valence-electron chi connectivity index (χ4n) is 4.22. The summed E-state index contributed by atoms with van der Waals surface area (Å²) in [5.74, 6) is -0.880. The molecule has 2 aliphatic heterocycles. The minimum atomic E-state index is -4.67. The van der Waals surface area contributed by atoms with Crippen LogP contribution in [0.2, 0.25) is 0 Å². The number of ether oxygens (including phenoxy) is 2. The first-order chi connectivity index (χ1) is 15.2. The molecule has 0 aliphatic carbocycles. The van der Waals surface area contributed by atoms with E-state index in [0.29, 0.717) is 11.3 Å². The Bertz CT molecular complexity index is 1100. The van der Waals surface area contributed by atoms with E-state index >= 15 is 0 Å². The van der Waals surface area contributed by atoms with E-state index < -0.39 is 23.2 Å². The Morgan fingerprint density at radius 1 is 1.19 bits per heavy atom. The number of benzene rings is 2. The fourth-order valence-corrected chi connectivity index (χ4v) is 4.22. The van der Waals surface area contributed by atoms with E-state index in [1.54, 1.807) is 24.3 Å². The van der Waals surface area contributed by atoms with Crippen LogP contribution in [-0.4, -0.2) is 47.5 Å². The summed E-state index contributed by atoms with van der Waals surface area (Å²) in [5, 5.41) is 9.75. The van der Waals surface area contributed by atoms with Crippen LogP contribution in [0.3, 0.4) is 0 Å². The predicted molar refractivity (Wildman–Crippen MR) is 108 cm³/mol. The molecule has 2 aromatic rings. The van der Waals surface area contributed by atoms with Crippen LogP contribution in [0.1, 0.15) is 39.1 Å². The number of methoxy groups -OCH3 is 1. The maximum absolute atomic E-state index is 13.3. The number of carbonyl (C=O) groups excluding carboxylic acids is 2. The van der Waals surface area contributed by atoms with E-state index in [4.69, 9.17) is 9.47 Å². The van der Waals surface area contributed by atoms with Crippen LogP contribution in [0.25, 0.3) is 0 Å². The molecule has 1 saturated heterocycles. The fraction of sp³-hybridized carbons (Fsp3) is 0.304. The van der Waals surface area contributed by atoms with Gasteiger partial charge >= 0.3 is 6.18 Å². The Kier molecular flexibility index (Phi) is 5.36. The van der Waals surface area contributed by atoms with E-state index in [2.05, 4.69) is 0 Å². The maximum atomic E-state index is 13.3. The molecule has 0 saturated carbocycles. The number of halogens is 3. The second-order valence-corrected chi connectivity index (χ2v) is 7.67. The van der Waals surface area contributed by atoms with E-state index in [-0.39, 0.29) is 48.6 Å². The number of Topliss-reactive ketones (excluding diaryl/α,β-unsaturated/α-hetero) is 1. The number of alkyl halides is 3. The van der Waals surface area contributed by atoms with Crippen LogP contribution in [0.15, 0.2) is 54.3 Å². The van der Waals surface area contributed by atoms with Crippen molar-refractivity contribution in [2.24, 2.45) is 0 Å². The Balaban J connectivity index is 1.57. The van der Waals surface area contributed by atoms with Crippen molar-refractivity contribution in [3.8, 4) is 11.5 Å². The number of hydrogen-bond donors (Lipinski definition) is 1. The summed E-state index contributed by atoms with van der Waals surface area (Å²) in [5.41, 5.74) is -1.80. The first-order valence-corrected chi connectivity index (χ1v) is 9.92. The lowest BCUT2D eigenvalue weighted by molar-refractivity contribution is -0.138. The minimum Gasteiger partial charge on any atom is -0.515 e. The molecular weight excluding hydrogens is 427 g/mol. The number of aliphatic hydroxyl groups is 1. The van der Waals surface area contributed by atoms with Crippen LogP contribution < -0.4 is 9.47 Å². The smallest absolute Gasteiger partial charge is 0.419 e. The van der Waals surface area contributed by atoms with Crippen molar-refractivity contribution in [3.05, 3.63) is 71.0 Å². The van der Waals surface area contributed by atoms with Gasteiger partial charge in [0, 0.05) is 31.5 Å². The number of para-hydroxylation sites is 1. The lowest BCUT2D eigenvalue weighted by Gasteiger charge is -2.44. The second kappa shape index (κ2) is 7.89. The van der Waals surface area contributed by atoms with Crippen LogP contribution >= 0.6 is 0 Å². The summed E-state index contributed by atoms with van der Waals surface area (Å²) in [6.07, 6.45) is -3.52. The molecule has 168 valence electrons. The third-order valence-corrected chi connectivity index (χ3v) is 5.91. The predicted octanol–water partition coefficient (Wildman–Crippen LogP) is 4.41. The number of ketones is 1. The molecule has 1 fully saturated rings. The first-order valence-electron chi connectivity index (χ1n) is 9.92. The molecule has 0 bridgehead atoms. The average molecular weight is 447 g/mol. The van der Waals surface area contributed by atoms with E-state index in [1.165, 1.54) is 11.0 Å². The Hall–Kier alpha value is -3.49. The van der Waals surface area contributed by atoms with Gasteiger partial charge in [0.1, 0.15) is 17.1 Å². The molecule has 32 heavy (non-hydrogen) atoms. The molecule has 2 heterocycles. The highest BCUT2D eigenvalue weighted by Crippen LogP contribution is 2.43. The van der Waals surface area contributed by atoms with Gasteiger partial charge in [-0.1, -0.05) is 12.1 Å². The molecule has 6 nitrogen and oxygen atoms in total. The molecule has 2 aliphatic rings. The van der Waals surface area contributed by atoms with Gasteiger partial charge in [-0.05, 0) is 30.3 Å². The molecule has 1 amide bonds. The van der Waals surface area contributed by atoms with E-state index in [0.717, 1.165) is 25.5 Å². The molecule has 4 rings (SSSR count). The maximum Gasteiger partial charge on any atom is 0.419 e. The third-order valence-electron chi connectivity index (χ3n) is 5.91. The van der Waals surface area contributed by atoms with Gasteiger partial charge in [0.15, 0.2) is 5.78 Å². The van der Waals surface area contributed by atoms with Crippen LogP contribution in [0.5, 0.6) is 11.5 Å². The zero-order valence-corrected chi connectivity index (χ0v) is 17.1. The Morgan fingerprint density at radius 3 is 2.50 bits per heavy atom. The highest BCUT2D eigenvalue weighted by molar-refractivity contribution is 6.12. The number of aliphatic hydroxyl groups excluding tert-OH is 1. The van der Waals surface area contributed by atoms with Gasteiger partial charge in [0.2, 0.25) is 0 Å². The van der Waals surface area contributed by atoms with E-state index in [9.17, 15) is 27.9 Å². The summed E-state index contributed by atoms with van der Waals surface area (Å²) in [6.45, 7) is 0.276. The lowest BCUT2D eigenvalue weighted by Crippen LogP contribution is -2.53. The zero-order valence-electron chi connectivity index (χ0n) is 17.1. The number of amides is 1. The topological polar surface area (TPSA) is 76.1 Å². The largest absolute Gasteiger partial charge is 0.515 e. The standard InChI is InChI=1S/C23H20F3NO5/c1-31-19-7-6-14(12-16(19)23(24,25)26)21(30)27-10-8-22(9-11-27)17(13-28)20(29)15-4-2-3-5-18(15)32-22/h2-7,12-13,28H,8-11H2,1H3/b17-13+. The molecule has 0 radical (unpaired) electrons. The van der Waals surface area contributed by atoms with Gasteiger partial charge in [-0.25, -0.2) is 0 Å². The monoisotopic (exact) mass is 447 g/mol. The number of likely N-dealkylation sites (tertiary alicyclic amines) is 1. The average Bonchev–Trinajstić information content (AvgIpc) is 2.78. The van der Waals surface area contributed by atoms with Crippen molar-refractivity contribution in [2.75, 3.05) is 20.2 Å². The Labute approximate surface area is 181 Å². The number of piperidine rings is 1. The van der Waals surface area contributed by atoms with Gasteiger partial charge < -0.3 is 19.5 Å². The van der Waals surface area contributed by atoms with Crippen molar-refractivity contribution in [1.82, 2.24) is 4.90 Å². The molecule has 0 aromatic heterocycles. The summed E-state index contributed by atoms with van der Waals surface area (Å²) >= 11 is 0. The zero-order chi connectivity index (χ0) is 23.1. The molecule has 9 heteroatoms. The van der Waals surface area contributed by atoms with Crippen LogP contribution in [-0.2, 0) is 6.18 Å². The normalized spacial score (nSPS) is 18.9. The Morgan fingerprint density at radius 2 is 1.88 bits per heavy atom. The van der Waals surface area contributed by atoms with Crippen molar-refractivity contribution < 1.29 is 37.3 Å². The second-order valence-electron chi connectivity index (χ2n) is 7.67. The first kappa shape index (κ1) is 21.7. The number of fused-ring (bicyclic) bond motifs is 1. The molecule has 1 spiro atoms. The van der Waals surface area contributed by atoms with Gasteiger partial charge in [0.25, 0.3) is 5.91 Å².